The molecule has 112 valence electrons. The maximum atomic E-state index is 5.16. The van der Waals surface area contributed by atoms with Crippen LogP contribution in [0.3, 0.4) is 0 Å². The summed E-state index contributed by atoms with van der Waals surface area (Å²) >= 11 is 0. The molecular formula is C17H23N3O. The summed E-state index contributed by atoms with van der Waals surface area (Å²) in [5.74, 6) is 2.09. The minimum Gasteiger partial charge on any atom is -0.380 e. The van der Waals surface area contributed by atoms with E-state index in [1.165, 1.54) is 11.1 Å². The highest BCUT2D eigenvalue weighted by Gasteiger charge is 2.06. The van der Waals surface area contributed by atoms with E-state index in [1.54, 1.807) is 7.11 Å². The van der Waals surface area contributed by atoms with Crippen LogP contribution >= 0.6 is 0 Å². The lowest BCUT2D eigenvalue weighted by molar-refractivity contribution is 0.185. The number of benzene rings is 1. The Morgan fingerprint density at radius 2 is 1.90 bits per heavy atom. The predicted octanol–water partition coefficient (Wildman–Crippen LogP) is 3.67. The number of hydrogen-bond donors (Lipinski definition) is 1. The number of ether oxygens (including phenoxy) is 1. The number of anilines is 1. The summed E-state index contributed by atoms with van der Waals surface area (Å²) in [6, 6.07) is 10.3. The molecule has 0 aliphatic carbocycles. The quantitative estimate of drug-likeness (QED) is 0.879. The van der Waals surface area contributed by atoms with Crippen molar-refractivity contribution in [1.29, 1.82) is 0 Å². The highest BCUT2D eigenvalue weighted by atomic mass is 16.5. The summed E-state index contributed by atoms with van der Waals surface area (Å²) in [4.78, 5) is 9.02. The van der Waals surface area contributed by atoms with Gasteiger partial charge in [0.15, 0.2) is 0 Å². The van der Waals surface area contributed by atoms with Crippen molar-refractivity contribution < 1.29 is 4.74 Å². The molecule has 0 fully saturated rings. The van der Waals surface area contributed by atoms with Crippen molar-refractivity contribution in [3.63, 3.8) is 0 Å². The molecule has 0 aliphatic rings. The van der Waals surface area contributed by atoms with Gasteiger partial charge >= 0.3 is 0 Å². The lowest BCUT2D eigenvalue weighted by atomic mass is 10.1. The zero-order valence-electron chi connectivity index (χ0n) is 13.2. The van der Waals surface area contributed by atoms with E-state index in [1.807, 2.05) is 13.0 Å². The molecular weight excluding hydrogens is 262 g/mol. The number of nitrogens with one attached hydrogen (secondary N) is 1. The van der Waals surface area contributed by atoms with Crippen molar-refractivity contribution >= 4 is 5.82 Å². The average molecular weight is 285 g/mol. The van der Waals surface area contributed by atoms with Gasteiger partial charge in [0.05, 0.1) is 6.61 Å². The second-order valence-electron chi connectivity index (χ2n) is 5.51. The molecule has 0 radical (unpaired) electrons. The summed E-state index contributed by atoms with van der Waals surface area (Å²) in [6.07, 6.45) is 0. The Morgan fingerprint density at radius 3 is 2.62 bits per heavy atom. The fraction of sp³-hybridized carbons (Fsp3) is 0.412. The number of nitrogens with zero attached hydrogens (tertiary/aromatic N) is 2. The van der Waals surface area contributed by atoms with E-state index >= 15 is 0 Å². The molecule has 0 atom stereocenters. The van der Waals surface area contributed by atoms with Crippen molar-refractivity contribution in [3.8, 4) is 0 Å². The highest BCUT2D eigenvalue weighted by molar-refractivity contribution is 5.38. The Bertz CT molecular complexity index is 596. The third kappa shape index (κ3) is 4.53. The van der Waals surface area contributed by atoms with Gasteiger partial charge in [0.25, 0.3) is 0 Å². The standard InChI is InChI=1S/C17H23N3O/c1-12(2)17-19-13(3)8-16(20-17)18-10-14-6-5-7-15(9-14)11-21-4/h5-9,12H,10-11H2,1-4H3,(H,18,19,20). The van der Waals surface area contributed by atoms with Gasteiger partial charge in [0.2, 0.25) is 0 Å². The maximum absolute atomic E-state index is 5.16. The Labute approximate surface area is 126 Å². The summed E-state index contributed by atoms with van der Waals surface area (Å²) in [6.45, 7) is 7.58. The molecule has 1 aromatic carbocycles. The van der Waals surface area contributed by atoms with Gasteiger partial charge < -0.3 is 10.1 Å². The monoisotopic (exact) mass is 285 g/mol. The Kier molecular flexibility index (Phi) is 5.28. The zero-order chi connectivity index (χ0) is 15.2. The minimum atomic E-state index is 0.329. The summed E-state index contributed by atoms with van der Waals surface area (Å²) < 4.78 is 5.16. The van der Waals surface area contributed by atoms with Gasteiger partial charge in [-0.25, -0.2) is 9.97 Å². The Hall–Kier alpha value is -1.94. The van der Waals surface area contributed by atoms with E-state index in [0.717, 1.165) is 23.9 Å². The van der Waals surface area contributed by atoms with Crippen molar-refractivity contribution in [3.05, 3.63) is 53.0 Å². The SMILES string of the molecule is COCc1cccc(CNc2cc(C)nc(C(C)C)n2)c1. The van der Waals surface area contributed by atoms with Gasteiger partial charge in [-0.15, -0.1) is 0 Å². The molecule has 0 saturated carbocycles. The minimum absolute atomic E-state index is 0.329. The number of aromatic nitrogens is 2. The summed E-state index contributed by atoms with van der Waals surface area (Å²) in [5, 5.41) is 3.37. The molecule has 0 bridgehead atoms. The molecule has 4 nitrogen and oxygen atoms in total. The molecule has 0 saturated heterocycles. The van der Waals surface area contributed by atoms with Crippen LogP contribution in [0.2, 0.25) is 0 Å². The molecule has 1 aromatic heterocycles. The van der Waals surface area contributed by atoms with Gasteiger partial charge in [0, 0.05) is 31.3 Å². The molecule has 0 amide bonds. The third-order valence-electron chi connectivity index (χ3n) is 3.16. The fourth-order valence-electron chi connectivity index (χ4n) is 2.13. The van der Waals surface area contributed by atoms with Crippen LogP contribution in [0.1, 0.15) is 42.4 Å². The molecule has 21 heavy (non-hydrogen) atoms. The van der Waals surface area contributed by atoms with Crippen LogP contribution in [0.4, 0.5) is 5.82 Å². The van der Waals surface area contributed by atoms with Crippen LogP contribution in [0, 0.1) is 6.92 Å². The van der Waals surface area contributed by atoms with Crippen molar-refractivity contribution in [1.82, 2.24) is 9.97 Å². The molecule has 0 spiro atoms. The van der Waals surface area contributed by atoms with Gasteiger partial charge in [-0.05, 0) is 18.1 Å². The molecule has 2 rings (SSSR count). The van der Waals surface area contributed by atoms with Crippen molar-refractivity contribution in [2.24, 2.45) is 0 Å². The van der Waals surface area contributed by atoms with E-state index in [0.29, 0.717) is 12.5 Å². The van der Waals surface area contributed by atoms with E-state index in [2.05, 4.69) is 53.4 Å². The molecule has 1 N–H and O–H groups in total. The van der Waals surface area contributed by atoms with Crippen LogP contribution in [-0.2, 0) is 17.9 Å². The average Bonchev–Trinajstić information content (AvgIpc) is 2.45. The number of rotatable bonds is 6. The van der Waals surface area contributed by atoms with Crippen molar-refractivity contribution in [2.75, 3.05) is 12.4 Å². The summed E-state index contributed by atoms with van der Waals surface area (Å²) in [5.41, 5.74) is 3.38. The molecule has 4 heteroatoms. The van der Waals surface area contributed by atoms with Crippen LogP contribution in [0.15, 0.2) is 30.3 Å². The first-order valence-electron chi connectivity index (χ1n) is 7.24. The molecule has 1 heterocycles. The normalized spacial score (nSPS) is 10.9. The second-order valence-corrected chi connectivity index (χ2v) is 5.51. The maximum Gasteiger partial charge on any atom is 0.133 e. The Morgan fingerprint density at radius 1 is 1.14 bits per heavy atom. The first-order chi connectivity index (χ1) is 10.1. The fourth-order valence-corrected chi connectivity index (χ4v) is 2.13. The zero-order valence-corrected chi connectivity index (χ0v) is 13.2. The van der Waals surface area contributed by atoms with Crippen LogP contribution in [-0.4, -0.2) is 17.1 Å². The lowest BCUT2D eigenvalue weighted by Crippen LogP contribution is -2.06. The highest BCUT2D eigenvalue weighted by Crippen LogP contribution is 2.15. The van der Waals surface area contributed by atoms with E-state index in [-0.39, 0.29) is 0 Å². The number of hydrogen-bond acceptors (Lipinski definition) is 4. The number of methoxy groups -OCH3 is 1. The van der Waals surface area contributed by atoms with Crippen molar-refractivity contribution in [2.45, 2.75) is 39.8 Å². The smallest absolute Gasteiger partial charge is 0.133 e. The van der Waals surface area contributed by atoms with Gasteiger partial charge in [-0.1, -0.05) is 38.1 Å². The largest absolute Gasteiger partial charge is 0.380 e. The summed E-state index contributed by atoms with van der Waals surface area (Å²) in [7, 11) is 1.71. The van der Waals surface area contributed by atoms with Gasteiger partial charge in [0.1, 0.15) is 11.6 Å². The van der Waals surface area contributed by atoms with Crippen LogP contribution in [0.5, 0.6) is 0 Å². The van der Waals surface area contributed by atoms with Gasteiger partial charge in [-0.3, -0.25) is 0 Å². The first kappa shape index (κ1) is 15.4. The van der Waals surface area contributed by atoms with E-state index in [4.69, 9.17) is 4.74 Å². The molecule has 2 aromatic rings. The lowest BCUT2D eigenvalue weighted by Gasteiger charge is -2.11. The topological polar surface area (TPSA) is 47.0 Å². The molecule has 0 aliphatic heterocycles. The number of aryl methyl sites for hydroxylation is 1. The third-order valence-corrected chi connectivity index (χ3v) is 3.16. The van der Waals surface area contributed by atoms with E-state index < -0.39 is 0 Å². The van der Waals surface area contributed by atoms with Gasteiger partial charge in [-0.2, -0.15) is 0 Å². The molecule has 0 unspecified atom stereocenters. The van der Waals surface area contributed by atoms with E-state index in [9.17, 15) is 0 Å². The second kappa shape index (κ2) is 7.18. The Balaban J connectivity index is 2.07. The van der Waals surface area contributed by atoms with Crippen LogP contribution in [0.25, 0.3) is 0 Å². The predicted molar refractivity (Wildman–Crippen MR) is 85.3 cm³/mol. The van der Waals surface area contributed by atoms with Crippen LogP contribution < -0.4 is 5.32 Å². The first-order valence-corrected chi connectivity index (χ1v) is 7.24.